The number of hydrogen-bond donors (Lipinski definition) is 2. The summed E-state index contributed by atoms with van der Waals surface area (Å²) in [4.78, 5) is 4.62. The maximum atomic E-state index is 6.26. The lowest BCUT2D eigenvalue weighted by atomic mass is 9.84. The van der Waals surface area contributed by atoms with E-state index in [0.29, 0.717) is 24.0 Å². The van der Waals surface area contributed by atoms with E-state index in [4.69, 9.17) is 4.74 Å². The second kappa shape index (κ2) is 9.74. The van der Waals surface area contributed by atoms with Crippen molar-refractivity contribution in [3.8, 4) is 0 Å². The zero-order chi connectivity index (χ0) is 19.9. The van der Waals surface area contributed by atoms with Gasteiger partial charge in [-0.3, -0.25) is 0 Å². The van der Waals surface area contributed by atoms with Gasteiger partial charge in [-0.25, -0.2) is 4.99 Å². The van der Waals surface area contributed by atoms with Crippen LogP contribution in [0.5, 0.6) is 0 Å². The van der Waals surface area contributed by atoms with Crippen molar-refractivity contribution in [1.29, 1.82) is 0 Å². The van der Waals surface area contributed by atoms with Crippen LogP contribution in [0.1, 0.15) is 51.2 Å². The van der Waals surface area contributed by atoms with Crippen LogP contribution in [0.15, 0.2) is 65.7 Å². The molecule has 1 saturated heterocycles. The average Bonchev–Trinajstić information content (AvgIpc) is 3.10. The molecule has 4 heteroatoms. The number of rotatable bonds is 6. The molecule has 0 aliphatic carbocycles. The number of nitrogens with zero attached hydrogens (tertiary/aromatic N) is 1. The first-order chi connectivity index (χ1) is 13.5. The molecule has 0 bridgehead atoms. The zero-order valence-corrected chi connectivity index (χ0v) is 17.4. The highest BCUT2D eigenvalue weighted by Crippen LogP contribution is 2.32. The fraction of sp³-hybridized carbons (Fsp3) is 0.458. The number of amidine groups is 1. The summed E-state index contributed by atoms with van der Waals surface area (Å²) in [6.07, 6.45) is 1.06. The van der Waals surface area contributed by atoms with Gasteiger partial charge in [0.15, 0.2) is 0 Å². The van der Waals surface area contributed by atoms with E-state index in [1.807, 2.05) is 0 Å². The summed E-state index contributed by atoms with van der Waals surface area (Å²) in [5.41, 5.74) is 2.67. The number of benzene rings is 2. The van der Waals surface area contributed by atoms with Gasteiger partial charge < -0.3 is 15.4 Å². The standard InChI is InChI=1S/C24H33N3O/c1-17(2)26-24(27-18(3)4)28-21-15-22(25-16-21)23(19-11-7-5-8-12-19)20-13-9-6-10-14-20/h5-14,17-18,21-23,25H,15-16H2,1-4H3,(H,26,27). The smallest absolute Gasteiger partial charge is 0.285 e. The summed E-state index contributed by atoms with van der Waals surface area (Å²) in [6, 6.07) is 23.0. The van der Waals surface area contributed by atoms with E-state index < -0.39 is 0 Å². The van der Waals surface area contributed by atoms with E-state index in [2.05, 4.69) is 104 Å². The van der Waals surface area contributed by atoms with Crippen molar-refractivity contribution in [3.05, 3.63) is 71.8 Å². The highest BCUT2D eigenvalue weighted by atomic mass is 16.5. The molecule has 0 radical (unpaired) electrons. The van der Waals surface area contributed by atoms with E-state index in [0.717, 1.165) is 13.0 Å². The third kappa shape index (κ3) is 5.59. The Bertz CT molecular complexity index is 703. The predicted octanol–water partition coefficient (Wildman–Crippen LogP) is 4.33. The van der Waals surface area contributed by atoms with E-state index in [1.54, 1.807) is 0 Å². The van der Waals surface area contributed by atoms with Crippen LogP contribution in [0.25, 0.3) is 0 Å². The lowest BCUT2D eigenvalue weighted by Gasteiger charge is -2.25. The van der Waals surface area contributed by atoms with Gasteiger partial charge in [-0.05, 0) is 38.8 Å². The topological polar surface area (TPSA) is 45.7 Å². The molecule has 1 aliphatic rings. The molecule has 2 N–H and O–H groups in total. The quantitative estimate of drug-likeness (QED) is 0.580. The van der Waals surface area contributed by atoms with E-state index in [-0.39, 0.29) is 12.1 Å². The number of ether oxygens (including phenoxy) is 1. The Kier molecular flexibility index (Phi) is 7.10. The maximum absolute atomic E-state index is 6.26. The summed E-state index contributed by atoms with van der Waals surface area (Å²) >= 11 is 0. The Labute approximate surface area is 169 Å². The van der Waals surface area contributed by atoms with Gasteiger partial charge in [0, 0.05) is 37.0 Å². The van der Waals surface area contributed by atoms with Crippen LogP contribution in [0.2, 0.25) is 0 Å². The first-order valence-corrected chi connectivity index (χ1v) is 10.4. The molecule has 2 aromatic carbocycles. The molecule has 3 rings (SSSR count). The Hall–Kier alpha value is -2.33. The number of nitrogens with one attached hydrogen (secondary N) is 2. The molecule has 0 spiro atoms. The molecule has 150 valence electrons. The number of aliphatic imine (C=N–C) groups is 1. The van der Waals surface area contributed by atoms with Crippen LogP contribution < -0.4 is 10.6 Å². The molecular formula is C24H33N3O. The SMILES string of the molecule is CC(C)/N=C(\NC(C)C)OC1CNC(C(c2ccccc2)c2ccccc2)C1. The lowest BCUT2D eigenvalue weighted by molar-refractivity contribution is 0.191. The Morgan fingerprint density at radius 2 is 1.54 bits per heavy atom. The molecule has 1 aliphatic heterocycles. The van der Waals surface area contributed by atoms with Crippen molar-refractivity contribution >= 4 is 6.02 Å². The lowest BCUT2D eigenvalue weighted by Crippen LogP contribution is -2.36. The number of hydrogen-bond acceptors (Lipinski definition) is 3. The fourth-order valence-corrected chi connectivity index (χ4v) is 3.80. The summed E-state index contributed by atoms with van der Waals surface area (Å²) in [7, 11) is 0. The molecule has 1 fully saturated rings. The van der Waals surface area contributed by atoms with Crippen LogP contribution in [-0.4, -0.2) is 36.8 Å². The van der Waals surface area contributed by atoms with Crippen LogP contribution in [0.4, 0.5) is 0 Å². The first kappa shape index (κ1) is 20.4. The van der Waals surface area contributed by atoms with Gasteiger partial charge in [0.2, 0.25) is 0 Å². The van der Waals surface area contributed by atoms with Crippen molar-refractivity contribution in [2.75, 3.05) is 6.54 Å². The molecule has 2 atom stereocenters. The van der Waals surface area contributed by atoms with Gasteiger partial charge in [0.05, 0.1) is 0 Å². The summed E-state index contributed by atoms with van der Waals surface area (Å²) < 4.78 is 6.26. The van der Waals surface area contributed by atoms with E-state index in [9.17, 15) is 0 Å². The fourth-order valence-electron chi connectivity index (χ4n) is 3.80. The van der Waals surface area contributed by atoms with Crippen LogP contribution in [-0.2, 0) is 4.74 Å². The van der Waals surface area contributed by atoms with Crippen molar-refractivity contribution in [2.24, 2.45) is 4.99 Å². The van der Waals surface area contributed by atoms with Gasteiger partial charge >= 0.3 is 0 Å². The highest BCUT2D eigenvalue weighted by molar-refractivity contribution is 5.74. The van der Waals surface area contributed by atoms with E-state index >= 15 is 0 Å². The molecule has 4 nitrogen and oxygen atoms in total. The molecule has 0 aromatic heterocycles. The van der Waals surface area contributed by atoms with E-state index in [1.165, 1.54) is 11.1 Å². The summed E-state index contributed by atoms with van der Waals surface area (Å²) in [5, 5.41) is 7.05. The minimum atomic E-state index is 0.115. The summed E-state index contributed by atoms with van der Waals surface area (Å²) in [6.45, 7) is 9.19. The second-order valence-corrected chi connectivity index (χ2v) is 8.12. The molecule has 0 saturated carbocycles. The molecular weight excluding hydrogens is 346 g/mol. The average molecular weight is 380 g/mol. The zero-order valence-electron chi connectivity index (χ0n) is 17.4. The van der Waals surface area contributed by atoms with Crippen LogP contribution in [0, 0.1) is 0 Å². The van der Waals surface area contributed by atoms with Gasteiger partial charge in [-0.1, -0.05) is 60.7 Å². The van der Waals surface area contributed by atoms with Crippen LogP contribution >= 0.6 is 0 Å². The van der Waals surface area contributed by atoms with Crippen molar-refractivity contribution < 1.29 is 4.74 Å². The third-order valence-corrected chi connectivity index (χ3v) is 4.91. The minimum absolute atomic E-state index is 0.115. The van der Waals surface area contributed by atoms with Gasteiger partial charge in [0.1, 0.15) is 6.10 Å². The molecule has 28 heavy (non-hydrogen) atoms. The van der Waals surface area contributed by atoms with Gasteiger partial charge in [-0.15, -0.1) is 0 Å². The summed E-state index contributed by atoms with van der Waals surface area (Å²) in [5.74, 6) is 0.305. The van der Waals surface area contributed by atoms with Crippen molar-refractivity contribution in [3.63, 3.8) is 0 Å². The monoisotopic (exact) mass is 379 g/mol. The maximum Gasteiger partial charge on any atom is 0.285 e. The second-order valence-electron chi connectivity index (χ2n) is 8.12. The Morgan fingerprint density at radius 1 is 0.964 bits per heavy atom. The third-order valence-electron chi connectivity index (χ3n) is 4.91. The molecule has 1 heterocycles. The van der Waals surface area contributed by atoms with Crippen LogP contribution in [0.3, 0.4) is 0 Å². The largest absolute Gasteiger partial charge is 0.461 e. The Morgan fingerprint density at radius 3 is 2.04 bits per heavy atom. The molecule has 2 unspecified atom stereocenters. The molecule has 2 aromatic rings. The van der Waals surface area contributed by atoms with Crippen molar-refractivity contribution in [1.82, 2.24) is 10.6 Å². The predicted molar refractivity (Wildman–Crippen MR) is 117 cm³/mol. The highest BCUT2D eigenvalue weighted by Gasteiger charge is 2.34. The minimum Gasteiger partial charge on any atom is -0.461 e. The van der Waals surface area contributed by atoms with Gasteiger partial charge in [-0.2, -0.15) is 0 Å². The first-order valence-electron chi connectivity index (χ1n) is 10.4. The normalized spacial score (nSPS) is 20.2. The van der Waals surface area contributed by atoms with Gasteiger partial charge in [0.25, 0.3) is 6.02 Å². The Balaban J connectivity index is 1.76. The molecule has 0 amide bonds. The van der Waals surface area contributed by atoms with Crippen molar-refractivity contribution in [2.45, 2.75) is 64.3 Å².